The monoisotopic (exact) mass is 437 g/mol. The van der Waals surface area contributed by atoms with E-state index < -0.39 is 28.4 Å². The number of methoxy groups -OCH3 is 2. The van der Waals surface area contributed by atoms with Gasteiger partial charge in [-0.2, -0.15) is 0 Å². The van der Waals surface area contributed by atoms with E-state index in [1.807, 2.05) is 0 Å². The van der Waals surface area contributed by atoms with Crippen molar-refractivity contribution in [3.05, 3.63) is 41.5 Å². The fraction of sp³-hybridized carbons (Fsp3) is 0.263. The highest BCUT2D eigenvalue weighted by Gasteiger charge is 2.20. The predicted octanol–water partition coefficient (Wildman–Crippen LogP) is 1.04. The third-order valence-electron chi connectivity index (χ3n) is 4.09. The first kappa shape index (κ1) is 23.0. The lowest BCUT2D eigenvalue weighted by molar-refractivity contribution is -0.120. The molecule has 2 amide bonds. The summed E-state index contributed by atoms with van der Waals surface area (Å²) >= 11 is 0. The summed E-state index contributed by atoms with van der Waals surface area (Å²) in [5, 5.41) is 2.64. The van der Waals surface area contributed by atoms with Crippen LogP contribution in [-0.2, 0) is 14.8 Å². The minimum Gasteiger partial charge on any atom is -0.493 e. The first-order valence-electron chi connectivity index (χ1n) is 8.65. The van der Waals surface area contributed by atoms with Crippen molar-refractivity contribution in [1.29, 1.82) is 0 Å². The zero-order chi connectivity index (χ0) is 22.5. The molecule has 0 unspecified atom stereocenters. The lowest BCUT2D eigenvalue weighted by Crippen LogP contribution is -2.21. The van der Waals surface area contributed by atoms with E-state index in [1.54, 1.807) is 19.1 Å². The van der Waals surface area contributed by atoms with Gasteiger partial charge in [0, 0.05) is 11.3 Å². The second-order valence-electron chi connectivity index (χ2n) is 6.11. The van der Waals surface area contributed by atoms with Crippen LogP contribution in [0.5, 0.6) is 17.2 Å². The molecule has 4 N–H and O–H groups in total. The quantitative estimate of drug-likeness (QED) is 0.531. The SMILES string of the molecule is CNS(=O)(=O)c1cc(NC(=O)c2cc(OC)c(OCC(N)=O)c(OC)c2)ccc1C. The van der Waals surface area contributed by atoms with Crippen LogP contribution in [0.3, 0.4) is 0 Å². The molecule has 0 bridgehead atoms. The molecule has 0 atom stereocenters. The summed E-state index contributed by atoms with van der Waals surface area (Å²) in [6, 6.07) is 7.32. The van der Waals surface area contributed by atoms with Gasteiger partial charge in [-0.1, -0.05) is 6.07 Å². The molecule has 0 aliphatic heterocycles. The van der Waals surface area contributed by atoms with Crippen LogP contribution in [0.25, 0.3) is 0 Å². The van der Waals surface area contributed by atoms with Gasteiger partial charge >= 0.3 is 0 Å². The number of amides is 2. The van der Waals surface area contributed by atoms with Gasteiger partial charge in [-0.15, -0.1) is 0 Å². The van der Waals surface area contributed by atoms with E-state index in [4.69, 9.17) is 19.9 Å². The Balaban J connectivity index is 2.38. The number of benzene rings is 2. The van der Waals surface area contributed by atoms with Gasteiger partial charge in [0.1, 0.15) is 0 Å². The van der Waals surface area contributed by atoms with Gasteiger partial charge in [0.2, 0.25) is 15.8 Å². The molecule has 11 heteroatoms. The van der Waals surface area contributed by atoms with Gasteiger partial charge in [0.15, 0.2) is 18.1 Å². The average Bonchev–Trinajstić information content (AvgIpc) is 2.72. The normalized spacial score (nSPS) is 10.9. The molecular weight excluding hydrogens is 414 g/mol. The Kier molecular flexibility index (Phi) is 7.24. The predicted molar refractivity (Wildman–Crippen MR) is 110 cm³/mol. The fourth-order valence-electron chi connectivity index (χ4n) is 2.58. The number of nitrogens with one attached hydrogen (secondary N) is 2. The highest BCUT2D eigenvalue weighted by Crippen LogP contribution is 2.38. The van der Waals surface area contributed by atoms with E-state index in [1.165, 1.54) is 39.5 Å². The maximum atomic E-state index is 12.7. The summed E-state index contributed by atoms with van der Waals surface area (Å²) in [5.41, 5.74) is 6.07. The van der Waals surface area contributed by atoms with Gasteiger partial charge in [-0.05, 0) is 43.8 Å². The smallest absolute Gasteiger partial charge is 0.255 e. The molecular formula is C19H23N3O7S. The summed E-state index contributed by atoms with van der Waals surface area (Å²) in [6.45, 7) is 1.25. The van der Waals surface area contributed by atoms with Crippen LogP contribution >= 0.6 is 0 Å². The number of anilines is 1. The third kappa shape index (κ3) is 5.19. The van der Waals surface area contributed by atoms with E-state index >= 15 is 0 Å². The van der Waals surface area contributed by atoms with Crippen LogP contribution in [0.2, 0.25) is 0 Å². The Labute approximate surface area is 174 Å². The topological polar surface area (TPSA) is 146 Å². The molecule has 0 heterocycles. The van der Waals surface area contributed by atoms with Gasteiger partial charge in [-0.3, -0.25) is 9.59 Å². The van der Waals surface area contributed by atoms with Crippen molar-refractivity contribution < 1.29 is 32.2 Å². The number of carbonyl (C=O) groups is 2. The number of rotatable bonds is 9. The number of sulfonamides is 1. The molecule has 2 aromatic carbocycles. The maximum Gasteiger partial charge on any atom is 0.255 e. The molecule has 0 aliphatic carbocycles. The molecule has 2 aromatic rings. The summed E-state index contributed by atoms with van der Waals surface area (Å²) in [7, 11) is 0.345. The van der Waals surface area contributed by atoms with Crippen molar-refractivity contribution in [3.63, 3.8) is 0 Å². The molecule has 0 aliphatic rings. The van der Waals surface area contributed by atoms with Crippen molar-refractivity contribution in [1.82, 2.24) is 4.72 Å². The number of hydrogen-bond acceptors (Lipinski definition) is 7. The standard InChI is InChI=1S/C19H23N3O7S/c1-11-5-6-13(9-16(11)30(25,26)21-2)22-19(24)12-7-14(27-3)18(15(8-12)28-4)29-10-17(20)23/h5-9,21H,10H2,1-4H3,(H2,20,23)(H,22,24). The minimum atomic E-state index is -3.69. The Bertz CT molecular complexity index is 1040. The zero-order valence-electron chi connectivity index (χ0n) is 16.9. The van der Waals surface area contributed by atoms with Crippen molar-refractivity contribution in [2.45, 2.75) is 11.8 Å². The summed E-state index contributed by atoms with van der Waals surface area (Å²) in [5.74, 6) is -0.795. The van der Waals surface area contributed by atoms with Crippen LogP contribution in [0.1, 0.15) is 15.9 Å². The Morgan fingerprint density at radius 2 is 1.67 bits per heavy atom. The first-order chi connectivity index (χ1) is 14.1. The van der Waals surface area contributed by atoms with Crippen LogP contribution in [0.15, 0.2) is 35.2 Å². The molecule has 0 saturated carbocycles. The Hall–Kier alpha value is -3.31. The summed E-state index contributed by atoms with van der Waals surface area (Å²) in [4.78, 5) is 23.8. The molecule has 30 heavy (non-hydrogen) atoms. The molecule has 0 aromatic heterocycles. The van der Waals surface area contributed by atoms with E-state index in [9.17, 15) is 18.0 Å². The fourth-order valence-corrected chi connectivity index (χ4v) is 3.57. The second kappa shape index (κ2) is 9.46. The molecule has 10 nitrogen and oxygen atoms in total. The van der Waals surface area contributed by atoms with E-state index in [2.05, 4.69) is 10.0 Å². The number of nitrogens with two attached hydrogens (primary N) is 1. The third-order valence-corrected chi connectivity index (χ3v) is 5.64. The van der Waals surface area contributed by atoms with E-state index in [-0.39, 0.29) is 33.4 Å². The molecule has 0 saturated heterocycles. The largest absolute Gasteiger partial charge is 0.493 e. The number of hydrogen-bond donors (Lipinski definition) is 3. The van der Waals surface area contributed by atoms with E-state index in [0.717, 1.165) is 0 Å². The number of carbonyl (C=O) groups excluding carboxylic acids is 2. The van der Waals surface area contributed by atoms with Crippen LogP contribution in [0.4, 0.5) is 5.69 Å². The van der Waals surface area contributed by atoms with Crippen LogP contribution < -0.4 is 30.0 Å². The van der Waals surface area contributed by atoms with Crippen LogP contribution in [0, 0.1) is 6.92 Å². The molecule has 162 valence electrons. The highest BCUT2D eigenvalue weighted by atomic mass is 32.2. The zero-order valence-corrected chi connectivity index (χ0v) is 17.8. The first-order valence-corrected chi connectivity index (χ1v) is 10.1. The molecule has 0 radical (unpaired) electrons. The Morgan fingerprint density at radius 3 is 2.17 bits per heavy atom. The number of aryl methyl sites for hydroxylation is 1. The van der Waals surface area contributed by atoms with Crippen molar-refractivity contribution in [2.24, 2.45) is 5.73 Å². The number of primary amides is 1. The average molecular weight is 437 g/mol. The van der Waals surface area contributed by atoms with Crippen molar-refractivity contribution >= 4 is 27.5 Å². The second-order valence-corrected chi connectivity index (χ2v) is 7.96. The van der Waals surface area contributed by atoms with Gasteiger partial charge < -0.3 is 25.3 Å². The summed E-state index contributed by atoms with van der Waals surface area (Å²) in [6.07, 6.45) is 0. The van der Waals surface area contributed by atoms with Crippen molar-refractivity contribution in [2.75, 3.05) is 33.2 Å². The lowest BCUT2D eigenvalue weighted by atomic mass is 10.1. The minimum absolute atomic E-state index is 0.0492. The van der Waals surface area contributed by atoms with Gasteiger partial charge in [0.05, 0.1) is 19.1 Å². The van der Waals surface area contributed by atoms with Crippen LogP contribution in [-0.4, -0.2) is 48.1 Å². The Morgan fingerprint density at radius 1 is 1.07 bits per heavy atom. The van der Waals surface area contributed by atoms with E-state index in [0.29, 0.717) is 5.56 Å². The van der Waals surface area contributed by atoms with Gasteiger partial charge in [-0.25, -0.2) is 13.1 Å². The highest BCUT2D eigenvalue weighted by molar-refractivity contribution is 7.89. The number of ether oxygens (including phenoxy) is 3. The lowest BCUT2D eigenvalue weighted by Gasteiger charge is -2.16. The molecule has 0 fully saturated rings. The summed E-state index contributed by atoms with van der Waals surface area (Å²) < 4.78 is 42.3. The van der Waals surface area contributed by atoms with Gasteiger partial charge in [0.25, 0.3) is 11.8 Å². The van der Waals surface area contributed by atoms with Crippen molar-refractivity contribution in [3.8, 4) is 17.2 Å². The maximum absolute atomic E-state index is 12.7. The molecule has 2 rings (SSSR count). The molecule has 0 spiro atoms.